The van der Waals surface area contributed by atoms with Gasteiger partial charge in [0.15, 0.2) is 6.61 Å². The Morgan fingerprint density at radius 2 is 1.88 bits per heavy atom. The number of hydrogen-bond donors (Lipinski definition) is 0. The summed E-state index contributed by atoms with van der Waals surface area (Å²) in [4.78, 5) is 25.0. The standard InChI is InChI=1S/C25H25N3O4/c1-18-15-22(19(2)28(18)14-11-20-7-4-3-5-8-20)23(29)17-31-25(30)24-10-9-21(32-24)16-27-13-6-12-26-27/h3-10,12-13,15H,11,14,16-17H2,1-2H3. The molecule has 0 amide bonds. The molecule has 3 aromatic heterocycles. The molecule has 7 nitrogen and oxygen atoms in total. The van der Waals surface area contributed by atoms with Gasteiger partial charge in [-0.25, -0.2) is 4.79 Å². The number of carbonyl (C=O) groups excluding carboxylic acids is 2. The van der Waals surface area contributed by atoms with E-state index in [1.54, 1.807) is 29.2 Å². The number of Topliss-reactive ketones (excluding diaryl/α,β-unsaturated/α-hetero) is 1. The van der Waals surface area contributed by atoms with Crippen LogP contribution in [0, 0.1) is 13.8 Å². The van der Waals surface area contributed by atoms with E-state index in [0.717, 1.165) is 24.4 Å². The lowest BCUT2D eigenvalue weighted by molar-refractivity contribution is 0.0442. The zero-order valence-electron chi connectivity index (χ0n) is 18.2. The summed E-state index contributed by atoms with van der Waals surface area (Å²) in [5, 5.41) is 4.10. The van der Waals surface area contributed by atoms with Crippen molar-refractivity contribution in [1.82, 2.24) is 14.3 Å². The van der Waals surface area contributed by atoms with E-state index in [9.17, 15) is 9.59 Å². The highest BCUT2D eigenvalue weighted by atomic mass is 16.5. The first-order valence-corrected chi connectivity index (χ1v) is 10.5. The van der Waals surface area contributed by atoms with Crippen molar-refractivity contribution in [3.63, 3.8) is 0 Å². The molecule has 0 saturated heterocycles. The average molecular weight is 431 g/mol. The van der Waals surface area contributed by atoms with Crippen LogP contribution in [0.2, 0.25) is 0 Å². The van der Waals surface area contributed by atoms with Crippen molar-refractivity contribution in [2.24, 2.45) is 0 Å². The number of ether oxygens (including phenoxy) is 1. The van der Waals surface area contributed by atoms with Gasteiger partial charge in [-0.15, -0.1) is 0 Å². The number of esters is 1. The Balaban J connectivity index is 1.35. The lowest BCUT2D eigenvalue weighted by atomic mass is 10.1. The number of carbonyl (C=O) groups is 2. The first-order chi connectivity index (χ1) is 15.5. The normalized spacial score (nSPS) is 10.9. The number of furan rings is 1. The Hall–Kier alpha value is -3.87. The van der Waals surface area contributed by atoms with Crippen LogP contribution in [0.5, 0.6) is 0 Å². The molecule has 32 heavy (non-hydrogen) atoms. The minimum atomic E-state index is -0.664. The van der Waals surface area contributed by atoms with Gasteiger partial charge in [-0.2, -0.15) is 5.10 Å². The lowest BCUT2D eigenvalue weighted by Gasteiger charge is -2.10. The molecule has 0 aliphatic carbocycles. The van der Waals surface area contributed by atoms with E-state index in [4.69, 9.17) is 9.15 Å². The number of nitrogens with zero attached hydrogens (tertiary/aromatic N) is 3. The van der Waals surface area contributed by atoms with E-state index in [-0.39, 0.29) is 18.2 Å². The van der Waals surface area contributed by atoms with Crippen LogP contribution < -0.4 is 0 Å². The van der Waals surface area contributed by atoms with Gasteiger partial charge in [0.05, 0.1) is 6.54 Å². The molecule has 0 saturated carbocycles. The minimum Gasteiger partial charge on any atom is -0.452 e. The number of aromatic nitrogens is 3. The van der Waals surface area contributed by atoms with Crippen molar-refractivity contribution < 1.29 is 18.7 Å². The predicted octanol–water partition coefficient (Wildman–Crippen LogP) is 4.23. The molecule has 0 fully saturated rings. The fourth-order valence-electron chi connectivity index (χ4n) is 3.72. The number of benzene rings is 1. The fourth-order valence-corrected chi connectivity index (χ4v) is 3.72. The molecule has 0 aliphatic rings. The number of hydrogen-bond acceptors (Lipinski definition) is 5. The molecule has 0 unspecified atom stereocenters. The van der Waals surface area contributed by atoms with Crippen molar-refractivity contribution in [3.05, 3.63) is 101 Å². The second-order valence-corrected chi connectivity index (χ2v) is 7.64. The predicted molar refractivity (Wildman–Crippen MR) is 119 cm³/mol. The van der Waals surface area contributed by atoms with Gasteiger partial charge in [-0.1, -0.05) is 30.3 Å². The molecular weight excluding hydrogens is 406 g/mol. The SMILES string of the molecule is Cc1cc(C(=O)COC(=O)c2ccc(Cn3cccn3)o2)c(C)n1CCc1ccccc1. The second-order valence-electron chi connectivity index (χ2n) is 7.64. The van der Waals surface area contributed by atoms with E-state index >= 15 is 0 Å². The van der Waals surface area contributed by atoms with Gasteiger partial charge in [0.2, 0.25) is 11.5 Å². The summed E-state index contributed by atoms with van der Waals surface area (Å²) < 4.78 is 14.5. The Labute approximate surface area is 186 Å². The molecule has 3 heterocycles. The van der Waals surface area contributed by atoms with Gasteiger partial charge >= 0.3 is 5.97 Å². The summed E-state index contributed by atoms with van der Waals surface area (Å²) in [7, 11) is 0. The maximum Gasteiger partial charge on any atom is 0.374 e. The molecule has 0 bridgehead atoms. The molecule has 0 radical (unpaired) electrons. The van der Waals surface area contributed by atoms with Gasteiger partial charge in [-0.3, -0.25) is 9.48 Å². The van der Waals surface area contributed by atoms with Gasteiger partial charge in [0, 0.05) is 35.9 Å². The molecule has 1 aromatic carbocycles. The lowest BCUT2D eigenvalue weighted by Crippen LogP contribution is -2.15. The summed E-state index contributed by atoms with van der Waals surface area (Å²) in [6.07, 6.45) is 4.34. The van der Waals surface area contributed by atoms with E-state index in [1.807, 2.05) is 44.2 Å². The second kappa shape index (κ2) is 9.51. The molecule has 0 aliphatic heterocycles. The van der Waals surface area contributed by atoms with E-state index in [0.29, 0.717) is 17.9 Å². The van der Waals surface area contributed by atoms with Crippen LogP contribution in [0.1, 0.15) is 43.6 Å². The minimum absolute atomic E-state index is 0.0632. The first-order valence-electron chi connectivity index (χ1n) is 10.5. The van der Waals surface area contributed by atoms with Gasteiger partial charge in [-0.05, 0) is 50.1 Å². The summed E-state index contributed by atoms with van der Waals surface area (Å²) in [6.45, 7) is 4.75. The van der Waals surface area contributed by atoms with Crippen LogP contribution in [0.15, 0.2) is 71.4 Å². The Bertz CT molecular complexity index is 1200. The molecule has 0 atom stereocenters. The van der Waals surface area contributed by atoms with Crippen LogP contribution in [0.25, 0.3) is 0 Å². The fraction of sp³-hybridized carbons (Fsp3) is 0.240. The topological polar surface area (TPSA) is 79.3 Å². The summed E-state index contributed by atoms with van der Waals surface area (Å²) >= 11 is 0. The molecule has 7 heteroatoms. The molecule has 164 valence electrons. The van der Waals surface area contributed by atoms with Crippen LogP contribution in [-0.4, -0.2) is 32.7 Å². The van der Waals surface area contributed by atoms with Crippen LogP contribution in [0.4, 0.5) is 0 Å². The molecule has 0 spiro atoms. The third kappa shape index (κ3) is 4.88. The Kier molecular flexibility index (Phi) is 6.35. The molecule has 4 aromatic rings. The highest BCUT2D eigenvalue weighted by Crippen LogP contribution is 2.18. The Morgan fingerprint density at radius 3 is 2.62 bits per heavy atom. The smallest absolute Gasteiger partial charge is 0.374 e. The zero-order chi connectivity index (χ0) is 22.5. The highest BCUT2D eigenvalue weighted by molar-refractivity contribution is 6.00. The monoisotopic (exact) mass is 431 g/mol. The van der Waals surface area contributed by atoms with Gasteiger partial charge in [0.25, 0.3) is 0 Å². The van der Waals surface area contributed by atoms with Crippen molar-refractivity contribution in [1.29, 1.82) is 0 Å². The largest absolute Gasteiger partial charge is 0.452 e. The maximum atomic E-state index is 12.7. The van der Waals surface area contributed by atoms with Crippen LogP contribution in [-0.2, 0) is 24.2 Å². The van der Waals surface area contributed by atoms with E-state index in [2.05, 4.69) is 21.8 Å². The first kappa shape index (κ1) is 21.4. The van der Waals surface area contributed by atoms with Crippen molar-refractivity contribution >= 4 is 11.8 Å². The quantitative estimate of drug-likeness (QED) is 0.293. The maximum absolute atomic E-state index is 12.7. The summed E-state index contributed by atoms with van der Waals surface area (Å²) in [5.74, 6) is -0.258. The summed E-state index contributed by atoms with van der Waals surface area (Å²) in [6, 6.07) is 17.1. The summed E-state index contributed by atoms with van der Waals surface area (Å²) in [5.41, 5.74) is 3.69. The Morgan fingerprint density at radius 1 is 1.06 bits per heavy atom. The average Bonchev–Trinajstić information content (AvgIpc) is 3.54. The number of ketones is 1. The zero-order valence-corrected chi connectivity index (χ0v) is 18.2. The van der Waals surface area contributed by atoms with Crippen molar-refractivity contribution in [2.45, 2.75) is 33.4 Å². The van der Waals surface area contributed by atoms with Crippen molar-refractivity contribution in [3.8, 4) is 0 Å². The van der Waals surface area contributed by atoms with E-state index < -0.39 is 5.97 Å². The van der Waals surface area contributed by atoms with Crippen molar-refractivity contribution in [2.75, 3.05) is 6.61 Å². The third-order valence-electron chi connectivity index (χ3n) is 5.42. The highest BCUT2D eigenvalue weighted by Gasteiger charge is 2.19. The van der Waals surface area contributed by atoms with Crippen LogP contribution >= 0.6 is 0 Å². The van der Waals surface area contributed by atoms with E-state index in [1.165, 1.54) is 5.56 Å². The molecular formula is C25H25N3O4. The molecule has 0 N–H and O–H groups in total. The number of aryl methyl sites for hydroxylation is 2. The third-order valence-corrected chi connectivity index (χ3v) is 5.42. The van der Waals surface area contributed by atoms with Crippen LogP contribution in [0.3, 0.4) is 0 Å². The van der Waals surface area contributed by atoms with Gasteiger partial charge in [0.1, 0.15) is 5.76 Å². The number of rotatable bonds is 9. The molecule has 4 rings (SSSR count). The van der Waals surface area contributed by atoms with Gasteiger partial charge < -0.3 is 13.7 Å².